The van der Waals surface area contributed by atoms with Gasteiger partial charge in [0.2, 0.25) is 5.91 Å². The van der Waals surface area contributed by atoms with Crippen molar-refractivity contribution < 1.29 is 19.4 Å². The van der Waals surface area contributed by atoms with Gasteiger partial charge < -0.3 is 20.1 Å². The van der Waals surface area contributed by atoms with Crippen LogP contribution < -0.4 is 5.73 Å². The normalized spacial score (nSPS) is 12.5. The highest BCUT2D eigenvalue weighted by atomic mass is 16.5. The molecule has 0 spiro atoms. The molecule has 1 unspecified atom stereocenters. The number of amides is 1. The highest BCUT2D eigenvalue weighted by Gasteiger charge is 2.28. The Hall–Kier alpha value is -3.64. The zero-order valence-corrected chi connectivity index (χ0v) is 19.0. The summed E-state index contributed by atoms with van der Waals surface area (Å²) < 4.78 is 7.82. The number of ether oxygens (including phenoxy) is 1. The lowest BCUT2D eigenvalue weighted by atomic mass is 9.93. The number of nitrogens with zero attached hydrogens (tertiary/aromatic N) is 1. The van der Waals surface area contributed by atoms with Crippen molar-refractivity contribution in [2.24, 2.45) is 5.73 Å². The number of nitrogens with two attached hydrogens (primary N) is 1. The number of aromatic nitrogens is 1. The van der Waals surface area contributed by atoms with Crippen molar-refractivity contribution in [3.8, 4) is 0 Å². The predicted molar refractivity (Wildman–Crippen MR) is 130 cm³/mol. The van der Waals surface area contributed by atoms with Crippen molar-refractivity contribution in [3.05, 3.63) is 82.9 Å². The van der Waals surface area contributed by atoms with Gasteiger partial charge in [-0.05, 0) is 42.2 Å². The maximum absolute atomic E-state index is 12.4. The summed E-state index contributed by atoms with van der Waals surface area (Å²) in [7, 11) is 0. The lowest BCUT2D eigenvalue weighted by Crippen LogP contribution is -2.16. The molecule has 0 aliphatic carbocycles. The van der Waals surface area contributed by atoms with Crippen LogP contribution in [-0.4, -0.2) is 28.2 Å². The molecule has 0 bridgehead atoms. The minimum absolute atomic E-state index is 0.169. The fourth-order valence-electron chi connectivity index (χ4n) is 4.46. The average molecular weight is 445 g/mol. The molecule has 1 atom stereocenters. The van der Waals surface area contributed by atoms with Gasteiger partial charge >= 0.3 is 5.97 Å². The molecule has 6 nitrogen and oxygen atoms in total. The first kappa shape index (κ1) is 22.6. The van der Waals surface area contributed by atoms with Gasteiger partial charge in [-0.15, -0.1) is 0 Å². The molecule has 0 aliphatic heterocycles. The summed E-state index contributed by atoms with van der Waals surface area (Å²) in [5.41, 5.74) is 10.4. The van der Waals surface area contributed by atoms with Gasteiger partial charge in [-0.2, -0.15) is 0 Å². The molecule has 3 N–H and O–H groups in total. The number of fused-ring (bicyclic) bond motifs is 3. The van der Waals surface area contributed by atoms with Crippen LogP contribution in [0, 0.1) is 0 Å². The minimum Gasteiger partial charge on any atom is -0.479 e. The summed E-state index contributed by atoms with van der Waals surface area (Å²) in [5.74, 6) is -1.45. The third kappa shape index (κ3) is 4.10. The summed E-state index contributed by atoms with van der Waals surface area (Å²) >= 11 is 0. The van der Waals surface area contributed by atoms with Crippen molar-refractivity contribution in [2.45, 2.75) is 39.3 Å². The molecule has 4 aromatic rings. The number of carbonyl (C=O) groups is 2. The summed E-state index contributed by atoms with van der Waals surface area (Å²) in [6, 6.07) is 19.4. The summed E-state index contributed by atoms with van der Waals surface area (Å²) in [6.07, 6.45) is -1.16. The molecule has 4 rings (SSSR count). The van der Waals surface area contributed by atoms with Gasteiger partial charge in [-0.3, -0.25) is 4.79 Å². The van der Waals surface area contributed by atoms with Gasteiger partial charge in [-0.25, -0.2) is 4.79 Å². The highest BCUT2D eigenvalue weighted by molar-refractivity contribution is 6.19. The Morgan fingerprint density at radius 3 is 2.33 bits per heavy atom. The fraction of sp³-hybridized carbons (Fsp3) is 0.259. The van der Waals surface area contributed by atoms with E-state index in [9.17, 15) is 14.7 Å². The monoisotopic (exact) mass is 444 g/mol. The molecule has 33 heavy (non-hydrogen) atoms. The number of rotatable bonds is 8. The van der Waals surface area contributed by atoms with Gasteiger partial charge in [0.05, 0.1) is 11.0 Å². The third-order valence-electron chi connectivity index (χ3n) is 6.00. The number of benzene rings is 3. The second-order valence-electron chi connectivity index (χ2n) is 8.47. The topological polar surface area (TPSA) is 94.6 Å². The zero-order chi connectivity index (χ0) is 23.7. The maximum Gasteiger partial charge on any atom is 0.337 e. The lowest BCUT2D eigenvalue weighted by Gasteiger charge is -2.18. The van der Waals surface area contributed by atoms with Crippen LogP contribution in [0.3, 0.4) is 0 Å². The van der Waals surface area contributed by atoms with E-state index in [1.807, 2.05) is 48.5 Å². The number of hydrogen-bond acceptors (Lipinski definition) is 3. The van der Waals surface area contributed by atoms with Crippen molar-refractivity contribution >= 4 is 33.7 Å². The summed E-state index contributed by atoms with van der Waals surface area (Å²) in [5, 5.41) is 11.4. The Balaban J connectivity index is 2.18. The summed E-state index contributed by atoms with van der Waals surface area (Å²) in [4.78, 5) is 24.7. The van der Waals surface area contributed by atoms with E-state index in [-0.39, 0.29) is 12.5 Å². The molecule has 0 saturated heterocycles. The van der Waals surface area contributed by atoms with E-state index in [1.54, 1.807) is 13.0 Å². The number of carboxylic acids is 1. The van der Waals surface area contributed by atoms with E-state index in [0.29, 0.717) is 28.4 Å². The van der Waals surface area contributed by atoms with Crippen LogP contribution in [-0.2, 0) is 16.1 Å². The molecular weight excluding hydrogens is 416 g/mol. The Bertz CT molecular complexity index is 1340. The molecule has 1 amide bonds. The predicted octanol–water partition coefficient (Wildman–Crippen LogP) is 5.23. The van der Waals surface area contributed by atoms with Gasteiger partial charge in [0.15, 0.2) is 6.10 Å². The van der Waals surface area contributed by atoms with Gasteiger partial charge in [0, 0.05) is 35.1 Å². The first-order valence-electron chi connectivity index (χ1n) is 11.1. The Morgan fingerprint density at radius 1 is 1.00 bits per heavy atom. The SMILES string of the molecule is CCOC(C(=O)O)c1cc(C(C)C)cc2c1c1c(C(N)=O)cccc1n2Cc1ccccc1. The first-order valence-corrected chi connectivity index (χ1v) is 11.1. The second kappa shape index (κ2) is 9.08. The molecule has 1 aromatic heterocycles. The van der Waals surface area contributed by atoms with E-state index in [4.69, 9.17) is 10.5 Å². The highest BCUT2D eigenvalue weighted by Crippen LogP contribution is 2.40. The van der Waals surface area contributed by atoms with E-state index in [2.05, 4.69) is 24.5 Å². The molecular formula is C27H28N2O4. The number of carboxylic acid groups (broad SMARTS) is 1. The van der Waals surface area contributed by atoms with Gasteiger partial charge in [-0.1, -0.05) is 56.3 Å². The Labute approximate surface area is 192 Å². The average Bonchev–Trinajstić information content (AvgIpc) is 3.11. The number of primary amides is 1. The quantitative estimate of drug-likeness (QED) is 0.389. The van der Waals surface area contributed by atoms with E-state index in [1.165, 1.54) is 0 Å². The van der Waals surface area contributed by atoms with Crippen LogP contribution >= 0.6 is 0 Å². The van der Waals surface area contributed by atoms with Crippen LogP contribution in [0.2, 0.25) is 0 Å². The van der Waals surface area contributed by atoms with Crippen LogP contribution in [0.25, 0.3) is 21.8 Å². The molecule has 0 fully saturated rings. The van der Waals surface area contributed by atoms with Crippen molar-refractivity contribution in [2.75, 3.05) is 6.61 Å². The Kier molecular flexibility index (Phi) is 6.20. The van der Waals surface area contributed by atoms with E-state index in [0.717, 1.165) is 22.2 Å². The lowest BCUT2D eigenvalue weighted by molar-refractivity contribution is -0.150. The molecule has 1 heterocycles. The van der Waals surface area contributed by atoms with E-state index < -0.39 is 18.0 Å². The standard InChI is InChI=1S/C27H28N2O4/c1-4-33-25(27(31)32)20-13-18(16(2)3)14-22-24(20)23-19(26(28)30)11-8-12-21(23)29(22)15-17-9-6-5-7-10-17/h5-14,16,25H,4,15H2,1-3H3,(H2,28,30)(H,31,32). The largest absolute Gasteiger partial charge is 0.479 e. The molecule has 170 valence electrons. The number of aliphatic carboxylic acids is 1. The summed E-state index contributed by atoms with van der Waals surface area (Å²) in [6.45, 7) is 6.72. The Morgan fingerprint density at radius 2 is 1.73 bits per heavy atom. The van der Waals surface area contributed by atoms with Crippen LogP contribution in [0.1, 0.15) is 59.8 Å². The first-order chi connectivity index (χ1) is 15.8. The van der Waals surface area contributed by atoms with E-state index >= 15 is 0 Å². The molecule has 6 heteroatoms. The molecule has 0 aliphatic rings. The zero-order valence-electron chi connectivity index (χ0n) is 19.0. The molecule has 3 aromatic carbocycles. The maximum atomic E-state index is 12.4. The third-order valence-corrected chi connectivity index (χ3v) is 6.00. The smallest absolute Gasteiger partial charge is 0.337 e. The van der Waals surface area contributed by atoms with Crippen molar-refractivity contribution in [3.63, 3.8) is 0 Å². The fourth-order valence-corrected chi connectivity index (χ4v) is 4.46. The number of hydrogen-bond donors (Lipinski definition) is 2. The van der Waals surface area contributed by atoms with Crippen LogP contribution in [0.5, 0.6) is 0 Å². The van der Waals surface area contributed by atoms with Crippen LogP contribution in [0.15, 0.2) is 60.7 Å². The van der Waals surface area contributed by atoms with Crippen molar-refractivity contribution in [1.82, 2.24) is 4.57 Å². The molecule has 0 radical (unpaired) electrons. The minimum atomic E-state index is -1.16. The van der Waals surface area contributed by atoms with Gasteiger partial charge in [0.25, 0.3) is 0 Å². The van der Waals surface area contributed by atoms with Gasteiger partial charge in [0.1, 0.15) is 0 Å². The second-order valence-corrected chi connectivity index (χ2v) is 8.47. The number of carbonyl (C=O) groups excluding carboxylic acids is 1. The van der Waals surface area contributed by atoms with Crippen LogP contribution in [0.4, 0.5) is 0 Å². The van der Waals surface area contributed by atoms with Crippen molar-refractivity contribution in [1.29, 1.82) is 0 Å². The molecule has 0 saturated carbocycles.